The summed E-state index contributed by atoms with van der Waals surface area (Å²) in [4.78, 5) is 0. The van der Waals surface area contributed by atoms with E-state index in [9.17, 15) is 0 Å². The number of nitrogens with one attached hydrogen (secondary N) is 1. The Kier molecular flexibility index (Phi) is 6.14. The summed E-state index contributed by atoms with van der Waals surface area (Å²) in [6, 6.07) is 0.555. The largest absolute Gasteiger partial charge is 0.370 e. The molecular weight excluding hydrogens is 258 g/mol. The summed E-state index contributed by atoms with van der Waals surface area (Å²) in [5.41, 5.74) is 0.652. The van der Waals surface area contributed by atoms with Gasteiger partial charge in [0.05, 0.1) is 11.7 Å². The lowest BCUT2D eigenvalue weighted by Crippen LogP contribution is -2.47. The topological polar surface area (TPSA) is 21.3 Å². The van der Waals surface area contributed by atoms with Crippen molar-refractivity contribution in [2.45, 2.75) is 110 Å². The first-order valence-electron chi connectivity index (χ1n) is 9.32. The molecule has 2 fully saturated rings. The Morgan fingerprint density at radius 1 is 0.952 bits per heavy atom. The van der Waals surface area contributed by atoms with Crippen LogP contribution in [0.1, 0.15) is 91.9 Å². The van der Waals surface area contributed by atoms with Gasteiger partial charge in [0.15, 0.2) is 0 Å². The van der Waals surface area contributed by atoms with Crippen LogP contribution in [0.3, 0.4) is 0 Å². The van der Waals surface area contributed by atoms with E-state index in [4.69, 9.17) is 4.74 Å². The predicted molar refractivity (Wildman–Crippen MR) is 90.7 cm³/mol. The summed E-state index contributed by atoms with van der Waals surface area (Å²) in [7, 11) is 0. The van der Waals surface area contributed by atoms with Gasteiger partial charge >= 0.3 is 0 Å². The van der Waals surface area contributed by atoms with Crippen LogP contribution >= 0.6 is 0 Å². The molecule has 1 N–H and O–H groups in total. The van der Waals surface area contributed by atoms with Crippen LogP contribution in [-0.4, -0.2) is 24.3 Å². The minimum absolute atomic E-state index is 0.118. The highest BCUT2D eigenvalue weighted by atomic mass is 16.5. The minimum atomic E-state index is 0.118. The highest BCUT2D eigenvalue weighted by Crippen LogP contribution is 2.39. The van der Waals surface area contributed by atoms with Crippen molar-refractivity contribution in [3.63, 3.8) is 0 Å². The molecule has 0 aliphatic heterocycles. The molecule has 0 aromatic rings. The van der Waals surface area contributed by atoms with E-state index in [0.29, 0.717) is 17.6 Å². The zero-order valence-electron chi connectivity index (χ0n) is 14.8. The van der Waals surface area contributed by atoms with E-state index in [0.717, 1.165) is 6.54 Å². The van der Waals surface area contributed by atoms with Gasteiger partial charge in [0.1, 0.15) is 0 Å². The Morgan fingerprint density at radius 2 is 1.52 bits per heavy atom. The molecule has 0 heterocycles. The number of hydrogen-bond donors (Lipinski definition) is 1. The maximum absolute atomic E-state index is 6.78. The molecule has 0 amide bonds. The first-order chi connectivity index (χ1) is 9.91. The van der Waals surface area contributed by atoms with Crippen molar-refractivity contribution >= 4 is 0 Å². The van der Waals surface area contributed by atoms with Gasteiger partial charge in [-0.1, -0.05) is 53.4 Å². The van der Waals surface area contributed by atoms with Crippen LogP contribution in [0.25, 0.3) is 0 Å². The second-order valence-corrected chi connectivity index (χ2v) is 8.61. The molecule has 0 aromatic carbocycles. The Bertz CT molecular complexity index is 293. The summed E-state index contributed by atoms with van der Waals surface area (Å²) in [6.45, 7) is 10.3. The molecule has 2 rings (SSSR count). The smallest absolute Gasteiger partial charge is 0.0810 e. The highest BCUT2D eigenvalue weighted by Gasteiger charge is 2.36. The summed E-state index contributed by atoms with van der Waals surface area (Å²) < 4.78 is 6.78. The van der Waals surface area contributed by atoms with Crippen molar-refractivity contribution in [1.29, 1.82) is 0 Å². The van der Waals surface area contributed by atoms with E-state index in [1.807, 2.05) is 0 Å². The molecule has 124 valence electrons. The van der Waals surface area contributed by atoms with E-state index in [1.54, 1.807) is 0 Å². The van der Waals surface area contributed by atoms with Crippen LogP contribution in [0.2, 0.25) is 0 Å². The zero-order valence-corrected chi connectivity index (χ0v) is 14.8. The van der Waals surface area contributed by atoms with Crippen LogP contribution in [0.15, 0.2) is 0 Å². The van der Waals surface area contributed by atoms with Gasteiger partial charge in [-0.25, -0.2) is 0 Å². The van der Waals surface area contributed by atoms with Crippen molar-refractivity contribution in [2.24, 2.45) is 5.41 Å². The molecule has 2 nitrogen and oxygen atoms in total. The summed E-state index contributed by atoms with van der Waals surface area (Å²) >= 11 is 0. The molecule has 0 bridgehead atoms. The van der Waals surface area contributed by atoms with Crippen molar-refractivity contribution in [3.8, 4) is 0 Å². The normalized spacial score (nSPS) is 26.7. The molecule has 2 aliphatic rings. The third-order valence-corrected chi connectivity index (χ3v) is 5.55. The Morgan fingerprint density at radius 3 is 2.05 bits per heavy atom. The first-order valence-corrected chi connectivity index (χ1v) is 9.32. The van der Waals surface area contributed by atoms with Gasteiger partial charge in [0, 0.05) is 12.6 Å². The molecule has 0 radical (unpaired) electrons. The van der Waals surface area contributed by atoms with E-state index < -0.39 is 0 Å². The predicted octanol–water partition coefficient (Wildman–Crippen LogP) is 5.06. The van der Waals surface area contributed by atoms with Gasteiger partial charge in [0.2, 0.25) is 0 Å². The minimum Gasteiger partial charge on any atom is -0.370 e. The Hall–Kier alpha value is -0.0800. The van der Waals surface area contributed by atoms with Gasteiger partial charge in [-0.05, 0) is 43.9 Å². The van der Waals surface area contributed by atoms with Crippen LogP contribution in [0.4, 0.5) is 0 Å². The second kappa shape index (κ2) is 7.46. The van der Waals surface area contributed by atoms with Gasteiger partial charge < -0.3 is 10.1 Å². The van der Waals surface area contributed by atoms with Crippen LogP contribution in [0, 0.1) is 5.41 Å². The molecule has 0 aromatic heterocycles. The van der Waals surface area contributed by atoms with Crippen molar-refractivity contribution in [3.05, 3.63) is 0 Å². The van der Waals surface area contributed by atoms with Gasteiger partial charge in [0.25, 0.3) is 0 Å². The second-order valence-electron chi connectivity index (χ2n) is 8.61. The average Bonchev–Trinajstić information content (AvgIpc) is 2.65. The van der Waals surface area contributed by atoms with Gasteiger partial charge in [-0.3, -0.25) is 0 Å². The Balaban J connectivity index is 1.94. The maximum atomic E-state index is 6.78. The highest BCUT2D eigenvalue weighted by molar-refractivity contribution is 4.89. The fraction of sp³-hybridized carbons (Fsp3) is 1.00. The number of ether oxygens (including phenoxy) is 1. The van der Waals surface area contributed by atoms with Crippen molar-refractivity contribution < 1.29 is 4.74 Å². The molecule has 2 aliphatic carbocycles. The van der Waals surface area contributed by atoms with E-state index in [1.165, 1.54) is 64.2 Å². The SMILES string of the molecule is CC(C)NCC1(OC2CCC(C)(C)CC2)CCCCCC1. The van der Waals surface area contributed by atoms with Crippen molar-refractivity contribution in [2.75, 3.05) is 6.54 Å². The maximum Gasteiger partial charge on any atom is 0.0810 e. The van der Waals surface area contributed by atoms with E-state index in [-0.39, 0.29) is 5.60 Å². The molecular formula is C19H37NO. The van der Waals surface area contributed by atoms with E-state index in [2.05, 4.69) is 33.0 Å². The lowest BCUT2D eigenvalue weighted by molar-refractivity contribution is -0.120. The first kappa shape index (κ1) is 17.3. The van der Waals surface area contributed by atoms with E-state index >= 15 is 0 Å². The third kappa shape index (κ3) is 5.56. The lowest BCUT2D eigenvalue weighted by atomic mass is 9.76. The molecule has 2 heteroatoms. The van der Waals surface area contributed by atoms with Gasteiger partial charge in [-0.2, -0.15) is 0 Å². The molecule has 0 saturated heterocycles. The monoisotopic (exact) mass is 295 g/mol. The summed E-state index contributed by atoms with van der Waals surface area (Å²) in [6.07, 6.45) is 13.7. The van der Waals surface area contributed by atoms with Crippen LogP contribution in [0.5, 0.6) is 0 Å². The number of hydrogen-bond acceptors (Lipinski definition) is 2. The van der Waals surface area contributed by atoms with Crippen LogP contribution < -0.4 is 5.32 Å². The molecule has 0 spiro atoms. The van der Waals surface area contributed by atoms with Crippen molar-refractivity contribution in [1.82, 2.24) is 5.32 Å². The fourth-order valence-electron chi connectivity index (χ4n) is 3.94. The lowest BCUT2D eigenvalue weighted by Gasteiger charge is -2.41. The number of rotatable bonds is 5. The van der Waals surface area contributed by atoms with Crippen LogP contribution in [-0.2, 0) is 4.74 Å². The molecule has 0 atom stereocenters. The quantitative estimate of drug-likeness (QED) is 0.716. The zero-order chi connectivity index (χ0) is 15.3. The Labute approximate surface area is 132 Å². The average molecular weight is 296 g/mol. The standard InChI is InChI=1S/C19H37NO/c1-16(2)20-15-19(11-7-5-6-8-12-19)21-17-9-13-18(3,4)14-10-17/h16-17,20H,5-15H2,1-4H3. The molecule has 0 unspecified atom stereocenters. The van der Waals surface area contributed by atoms with Gasteiger partial charge in [-0.15, -0.1) is 0 Å². The molecule has 21 heavy (non-hydrogen) atoms. The fourth-order valence-corrected chi connectivity index (χ4v) is 3.94. The summed E-state index contributed by atoms with van der Waals surface area (Å²) in [5, 5.41) is 3.66. The summed E-state index contributed by atoms with van der Waals surface area (Å²) in [5.74, 6) is 0. The third-order valence-electron chi connectivity index (χ3n) is 5.55. The molecule has 2 saturated carbocycles.